The fourth-order valence-corrected chi connectivity index (χ4v) is 2.02. The molecule has 5 N–H and O–H groups in total. The van der Waals surface area contributed by atoms with Crippen LogP contribution in [0.5, 0.6) is 0 Å². The first-order chi connectivity index (χ1) is 9.56. The minimum atomic E-state index is -1.33. The Kier molecular flexibility index (Phi) is 6.90. The second-order valence-corrected chi connectivity index (χ2v) is 4.47. The fourth-order valence-electron chi connectivity index (χ4n) is 2.02. The maximum atomic E-state index is 9.86. The third-order valence-electron chi connectivity index (χ3n) is 3.02. The molecule has 0 spiro atoms. The SMILES string of the molecule is N=C=S.OC[C@H]1OC(c2ccccc2)[C@@H](O)[C@@H](O)[C@@H]1O. The van der Waals surface area contributed by atoms with Crippen molar-refractivity contribution in [3.05, 3.63) is 35.9 Å². The van der Waals surface area contributed by atoms with E-state index < -0.39 is 37.1 Å². The number of aliphatic hydroxyl groups excluding tert-OH is 4. The van der Waals surface area contributed by atoms with E-state index >= 15 is 0 Å². The van der Waals surface area contributed by atoms with Crippen molar-refractivity contribution in [2.75, 3.05) is 6.61 Å². The van der Waals surface area contributed by atoms with Crippen molar-refractivity contribution in [3.8, 4) is 0 Å². The molecule has 0 amide bonds. The molecule has 110 valence electrons. The summed E-state index contributed by atoms with van der Waals surface area (Å²) in [5, 5.41) is 45.5. The van der Waals surface area contributed by atoms with Gasteiger partial charge in [-0.3, -0.25) is 0 Å². The number of isothiocyanates is 1. The largest absolute Gasteiger partial charge is 0.394 e. The molecule has 1 aromatic rings. The third-order valence-corrected chi connectivity index (χ3v) is 3.02. The number of benzene rings is 1. The van der Waals surface area contributed by atoms with Gasteiger partial charge in [0.2, 0.25) is 0 Å². The molecule has 5 atom stereocenters. The highest BCUT2D eigenvalue weighted by Crippen LogP contribution is 2.31. The molecule has 0 saturated carbocycles. The molecule has 1 unspecified atom stereocenters. The van der Waals surface area contributed by atoms with E-state index in [-0.39, 0.29) is 0 Å². The summed E-state index contributed by atoms with van der Waals surface area (Å²) < 4.78 is 5.41. The Morgan fingerprint density at radius 3 is 2.15 bits per heavy atom. The molecule has 6 nitrogen and oxygen atoms in total. The third kappa shape index (κ3) is 3.91. The zero-order valence-corrected chi connectivity index (χ0v) is 11.4. The molecule has 0 aliphatic carbocycles. The zero-order chi connectivity index (χ0) is 15.1. The monoisotopic (exact) mass is 299 g/mol. The maximum absolute atomic E-state index is 9.86. The van der Waals surface area contributed by atoms with Gasteiger partial charge in [0.25, 0.3) is 0 Å². The number of ether oxygens (including phenoxy) is 1. The van der Waals surface area contributed by atoms with Gasteiger partial charge in [-0.05, 0) is 17.8 Å². The Balaban J connectivity index is 0.000000612. The van der Waals surface area contributed by atoms with E-state index in [9.17, 15) is 15.3 Å². The van der Waals surface area contributed by atoms with E-state index in [1.54, 1.807) is 29.4 Å². The van der Waals surface area contributed by atoms with Gasteiger partial charge in [-0.2, -0.15) is 0 Å². The summed E-state index contributed by atoms with van der Waals surface area (Å²) in [6, 6.07) is 8.92. The van der Waals surface area contributed by atoms with E-state index in [0.29, 0.717) is 5.56 Å². The summed E-state index contributed by atoms with van der Waals surface area (Å²) in [6.45, 7) is -0.408. The lowest BCUT2D eigenvalue weighted by molar-refractivity contribution is -0.231. The lowest BCUT2D eigenvalue weighted by atomic mass is 9.91. The van der Waals surface area contributed by atoms with Gasteiger partial charge in [0.05, 0.1) is 11.8 Å². The smallest absolute Gasteiger partial charge is 0.113 e. The first-order valence-corrected chi connectivity index (χ1v) is 6.37. The van der Waals surface area contributed by atoms with Crippen LogP contribution in [-0.2, 0) is 4.74 Å². The number of aliphatic hydroxyl groups is 4. The lowest BCUT2D eigenvalue weighted by Gasteiger charge is -2.40. The normalized spacial score (nSPS) is 32.7. The molecule has 1 aliphatic rings. The summed E-state index contributed by atoms with van der Waals surface area (Å²) in [6.07, 6.45) is -5.46. The molecular formula is C13H17NO5S. The van der Waals surface area contributed by atoms with E-state index in [0.717, 1.165) is 0 Å². The summed E-state index contributed by atoms with van der Waals surface area (Å²) >= 11 is 3.81. The minimum Gasteiger partial charge on any atom is -0.394 e. The molecule has 1 heterocycles. The Morgan fingerprint density at radius 2 is 1.65 bits per heavy atom. The Labute approximate surface area is 121 Å². The van der Waals surface area contributed by atoms with Crippen LogP contribution in [0.2, 0.25) is 0 Å². The van der Waals surface area contributed by atoms with Gasteiger partial charge >= 0.3 is 0 Å². The van der Waals surface area contributed by atoms with E-state index in [1.807, 2.05) is 6.07 Å². The lowest BCUT2D eigenvalue weighted by Crippen LogP contribution is -2.55. The first-order valence-electron chi connectivity index (χ1n) is 5.96. The van der Waals surface area contributed by atoms with Crippen LogP contribution >= 0.6 is 12.2 Å². The molecule has 0 radical (unpaired) electrons. The van der Waals surface area contributed by atoms with Crippen LogP contribution in [0.1, 0.15) is 11.7 Å². The Morgan fingerprint density at radius 1 is 1.10 bits per heavy atom. The second kappa shape index (κ2) is 8.18. The molecule has 1 aromatic carbocycles. The van der Waals surface area contributed by atoms with Gasteiger partial charge in [-0.15, -0.1) is 0 Å². The molecule has 0 bridgehead atoms. The molecule has 20 heavy (non-hydrogen) atoms. The predicted octanol–water partition coefficient (Wildman–Crippen LogP) is -0.131. The molecule has 0 aromatic heterocycles. The molecule has 2 rings (SSSR count). The zero-order valence-electron chi connectivity index (χ0n) is 10.6. The van der Waals surface area contributed by atoms with E-state index in [2.05, 4.69) is 12.2 Å². The summed E-state index contributed by atoms with van der Waals surface area (Å²) in [5.41, 5.74) is 0.699. The quantitative estimate of drug-likeness (QED) is 0.384. The molecule has 1 saturated heterocycles. The fraction of sp³-hybridized carbons (Fsp3) is 0.462. The van der Waals surface area contributed by atoms with Crippen LogP contribution in [-0.4, -0.2) is 56.6 Å². The van der Waals surface area contributed by atoms with Gasteiger partial charge in [0.15, 0.2) is 0 Å². The van der Waals surface area contributed by atoms with Crippen molar-refractivity contribution in [1.82, 2.24) is 0 Å². The van der Waals surface area contributed by atoms with Crippen LogP contribution < -0.4 is 0 Å². The summed E-state index contributed by atoms with van der Waals surface area (Å²) in [4.78, 5) is 0. The van der Waals surface area contributed by atoms with Crippen LogP contribution in [0.15, 0.2) is 30.3 Å². The van der Waals surface area contributed by atoms with Gasteiger partial charge in [-0.1, -0.05) is 30.3 Å². The average molecular weight is 299 g/mol. The number of hydrogen-bond donors (Lipinski definition) is 5. The van der Waals surface area contributed by atoms with Gasteiger partial charge in [0.1, 0.15) is 30.5 Å². The van der Waals surface area contributed by atoms with Gasteiger partial charge < -0.3 is 25.2 Å². The molecule has 7 heteroatoms. The summed E-state index contributed by atoms with van der Waals surface area (Å²) in [5.74, 6) is 0. The van der Waals surface area contributed by atoms with Crippen molar-refractivity contribution in [1.29, 1.82) is 5.41 Å². The minimum absolute atomic E-state index is 0.408. The van der Waals surface area contributed by atoms with Crippen molar-refractivity contribution in [2.45, 2.75) is 30.5 Å². The summed E-state index contributed by atoms with van der Waals surface area (Å²) in [7, 11) is 0. The number of thiocarbonyl (C=S) groups is 1. The predicted molar refractivity (Wildman–Crippen MR) is 74.5 cm³/mol. The van der Waals surface area contributed by atoms with Crippen LogP contribution in [0.25, 0.3) is 0 Å². The molecule has 1 aliphatic heterocycles. The van der Waals surface area contributed by atoms with Crippen LogP contribution in [0.3, 0.4) is 0 Å². The van der Waals surface area contributed by atoms with Crippen molar-refractivity contribution >= 4 is 17.4 Å². The van der Waals surface area contributed by atoms with Crippen molar-refractivity contribution < 1.29 is 25.2 Å². The topological polar surface area (TPSA) is 114 Å². The average Bonchev–Trinajstić information content (AvgIpc) is 2.47. The van der Waals surface area contributed by atoms with Gasteiger partial charge in [-0.25, -0.2) is 5.41 Å². The second-order valence-electron chi connectivity index (χ2n) is 4.26. The van der Waals surface area contributed by atoms with Crippen LogP contribution in [0, 0.1) is 5.41 Å². The maximum Gasteiger partial charge on any atom is 0.113 e. The molecular weight excluding hydrogens is 282 g/mol. The highest BCUT2D eigenvalue weighted by molar-refractivity contribution is 7.78. The van der Waals surface area contributed by atoms with Crippen molar-refractivity contribution in [3.63, 3.8) is 0 Å². The van der Waals surface area contributed by atoms with Crippen molar-refractivity contribution in [2.24, 2.45) is 0 Å². The Hall–Kier alpha value is -1.18. The highest BCUT2D eigenvalue weighted by atomic mass is 32.1. The van der Waals surface area contributed by atoms with Gasteiger partial charge in [0, 0.05) is 0 Å². The number of hydrogen-bond acceptors (Lipinski definition) is 7. The first kappa shape index (κ1) is 16.9. The van der Waals surface area contributed by atoms with Crippen LogP contribution in [0.4, 0.5) is 0 Å². The number of rotatable bonds is 2. The van der Waals surface area contributed by atoms with E-state index in [4.69, 9.17) is 15.3 Å². The standard InChI is InChI=1S/C12H16O5.CHNS/c13-6-8-9(14)10(15)11(16)12(17-8)7-4-2-1-3-5-7;2-1-3/h1-5,8-16H,6H2;2H/t8-,9-,10+,11+,12?;/m1./s1. The number of nitrogens with one attached hydrogen (secondary N) is 1. The molecule has 1 fully saturated rings. The highest BCUT2D eigenvalue weighted by Gasteiger charge is 2.43. The Bertz CT molecular complexity index is 436. The van der Waals surface area contributed by atoms with E-state index in [1.165, 1.54) is 0 Å².